The van der Waals surface area contributed by atoms with E-state index in [0.29, 0.717) is 29.2 Å². The number of anilines is 2. The summed E-state index contributed by atoms with van der Waals surface area (Å²) in [6.07, 6.45) is 0. The number of methoxy groups -OCH3 is 1. The number of nitrogens with one attached hydrogen (secondary N) is 2. The molecule has 0 aliphatic rings. The van der Waals surface area contributed by atoms with Crippen LogP contribution in [0.5, 0.6) is 5.75 Å². The average Bonchev–Trinajstić information content (AvgIpc) is 2.66. The highest BCUT2D eigenvalue weighted by molar-refractivity contribution is 5.97. The third-order valence-electron chi connectivity index (χ3n) is 3.60. The molecule has 3 amide bonds. The smallest absolute Gasteiger partial charge is 0.322 e. The van der Waals surface area contributed by atoms with E-state index in [1.807, 2.05) is 6.07 Å². The Morgan fingerprint density at radius 2 is 1.81 bits per heavy atom. The average molecular weight is 352 g/mol. The molecule has 0 aliphatic heterocycles. The van der Waals surface area contributed by atoms with E-state index in [0.717, 1.165) is 0 Å². The first kappa shape index (κ1) is 18.8. The van der Waals surface area contributed by atoms with Gasteiger partial charge in [-0.05, 0) is 37.3 Å². The SMILES string of the molecule is CCN(CC(=O)Nc1cccc(OC)c1)C(=O)Nc1cccc(C#N)c1. The number of ether oxygens (including phenoxy) is 1. The fourth-order valence-corrected chi connectivity index (χ4v) is 2.27. The molecule has 0 fully saturated rings. The second kappa shape index (κ2) is 9.08. The molecule has 134 valence electrons. The number of carbonyl (C=O) groups is 2. The van der Waals surface area contributed by atoms with Gasteiger partial charge in [0.2, 0.25) is 5.91 Å². The molecule has 0 unspecified atom stereocenters. The molecular weight excluding hydrogens is 332 g/mol. The molecule has 0 atom stereocenters. The lowest BCUT2D eigenvalue weighted by Crippen LogP contribution is -2.40. The summed E-state index contributed by atoms with van der Waals surface area (Å²) in [4.78, 5) is 26.0. The fraction of sp³-hybridized carbons (Fsp3) is 0.211. The number of nitriles is 1. The van der Waals surface area contributed by atoms with Crippen LogP contribution < -0.4 is 15.4 Å². The molecule has 0 bridgehead atoms. The summed E-state index contributed by atoms with van der Waals surface area (Å²) in [6.45, 7) is 2.04. The van der Waals surface area contributed by atoms with E-state index in [2.05, 4.69) is 10.6 Å². The number of nitrogens with zero attached hydrogens (tertiary/aromatic N) is 2. The van der Waals surface area contributed by atoms with Gasteiger partial charge in [-0.15, -0.1) is 0 Å². The number of amides is 3. The van der Waals surface area contributed by atoms with Crippen molar-refractivity contribution < 1.29 is 14.3 Å². The number of hydrogen-bond donors (Lipinski definition) is 2. The Kier molecular flexibility index (Phi) is 6.57. The standard InChI is InChI=1S/C19H20N4O3/c1-3-23(19(25)22-15-7-4-6-14(10-15)12-20)13-18(24)21-16-8-5-9-17(11-16)26-2/h4-11H,3,13H2,1-2H3,(H,21,24)(H,22,25). The lowest BCUT2D eigenvalue weighted by molar-refractivity contribution is -0.116. The van der Waals surface area contributed by atoms with E-state index >= 15 is 0 Å². The van der Waals surface area contributed by atoms with Crippen molar-refractivity contribution in [2.45, 2.75) is 6.92 Å². The monoisotopic (exact) mass is 352 g/mol. The number of benzene rings is 2. The lowest BCUT2D eigenvalue weighted by atomic mass is 10.2. The maximum atomic E-state index is 12.4. The molecule has 0 heterocycles. The molecule has 0 aliphatic carbocycles. The zero-order valence-electron chi connectivity index (χ0n) is 14.7. The normalized spacial score (nSPS) is 9.73. The van der Waals surface area contributed by atoms with Crippen LogP contribution in [-0.4, -0.2) is 37.0 Å². The van der Waals surface area contributed by atoms with Gasteiger partial charge >= 0.3 is 6.03 Å². The van der Waals surface area contributed by atoms with Crippen molar-refractivity contribution in [3.8, 4) is 11.8 Å². The summed E-state index contributed by atoms with van der Waals surface area (Å²) in [6, 6.07) is 15.2. The van der Waals surface area contributed by atoms with Gasteiger partial charge in [0.15, 0.2) is 0 Å². The lowest BCUT2D eigenvalue weighted by Gasteiger charge is -2.21. The van der Waals surface area contributed by atoms with Crippen molar-refractivity contribution in [1.29, 1.82) is 5.26 Å². The van der Waals surface area contributed by atoms with Crippen LogP contribution in [0.1, 0.15) is 12.5 Å². The van der Waals surface area contributed by atoms with Crippen molar-refractivity contribution in [2.75, 3.05) is 30.8 Å². The topological polar surface area (TPSA) is 94.5 Å². The van der Waals surface area contributed by atoms with Crippen LogP contribution in [-0.2, 0) is 4.79 Å². The second-order valence-electron chi connectivity index (χ2n) is 5.42. The molecule has 2 aromatic carbocycles. The number of carbonyl (C=O) groups excluding carboxylic acids is 2. The van der Waals surface area contributed by atoms with Crippen LogP contribution in [0.25, 0.3) is 0 Å². The van der Waals surface area contributed by atoms with Crippen molar-refractivity contribution in [3.05, 3.63) is 54.1 Å². The van der Waals surface area contributed by atoms with E-state index in [1.165, 1.54) is 4.90 Å². The minimum absolute atomic E-state index is 0.0997. The number of rotatable bonds is 6. The van der Waals surface area contributed by atoms with Crippen LogP contribution >= 0.6 is 0 Å². The Morgan fingerprint density at radius 1 is 1.12 bits per heavy atom. The highest BCUT2D eigenvalue weighted by Crippen LogP contribution is 2.16. The molecule has 0 spiro atoms. The summed E-state index contributed by atoms with van der Waals surface area (Å²) in [7, 11) is 1.55. The van der Waals surface area contributed by atoms with Crippen LogP contribution in [0.4, 0.5) is 16.2 Å². The van der Waals surface area contributed by atoms with E-state index in [-0.39, 0.29) is 12.5 Å². The number of urea groups is 1. The van der Waals surface area contributed by atoms with Gasteiger partial charge in [-0.25, -0.2) is 4.79 Å². The van der Waals surface area contributed by atoms with Gasteiger partial charge in [-0.3, -0.25) is 4.79 Å². The maximum Gasteiger partial charge on any atom is 0.322 e. The summed E-state index contributed by atoms with van der Waals surface area (Å²) in [5, 5.41) is 14.3. The third-order valence-corrected chi connectivity index (χ3v) is 3.60. The Balaban J connectivity index is 1.97. The third kappa shape index (κ3) is 5.24. The molecule has 2 N–H and O–H groups in total. The van der Waals surface area contributed by atoms with Gasteiger partial charge in [0.25, 0.3) is 0 Å². The minimum atomic E-state index is -0.414. The van der Waals surface area contributed by atoms with Crippen LogP contribution in [0.3, 0.4) is 0 Å². The molecule has 7 heteroatoms. The number of likely N-dealkylation sites (N-methyl/N-ethyl adjacent to an activating group) is 1. The van der Waals surface area contributed by atoms with E-state index in [9.17, 15) is 9.59 Å². The van der Waals surface area contributed by atoms with Crippen LogP contribution in [0, 0.1) is 11.3 Å². The Labute approximate surface area is 152 Å². The van der Waals surface area contributed by atoms with Gasteiger partial charge in [-0.2, -0.15) is 5.26 Å². The summed E-state index contributed by atoms with van der Waals surface area (Å²) >= 11 is 0. The van der Waals surface area contributed by atoms with Crippen molar-refractivity contribution >= 4 is 23.3 Å². The first-order chi connectivity index (χ1) is 12.5. The predicted molar refractivity (Wildman–Crippen MR) is 99.0 cm³/mol. The maximum absolute atomic E-state index is 12.4. The first-order valence-electron chi connectivity index (χ1n) is 8.05. The molecule has 0 radical (unpaired) electrons. The van der Waals surface area contributed by atoms with Crippen LogP contribution in [0.15, 0.2) is 48.5 Å². The van der Waals surface area contributed by atoms with Gasteiger partial charge < -0.3 is 20.3 Å². The van der Waals surface area contributed by atoms with Crippen molar-refractivity contribution in [3.63, 3.8) is 0 Å². The van der Waals surface area contributed by atoms with E-state index in [1.54, 1.807) is 62.6 Å². The van der Waals surface area contributed by atoms with Gasteiger partial charge in [0, 0.05) is 24.0 Å². The molecule has 26 heavy (non-hydrogen) atoms. The fourth-order valence-electron chi connectivity index (χ4n) is 2.27. The second-order valence-corrected chi connectivity index (χ2v) is 5.42. The zero-order chi connectivity index (χ0) is 18.9. The Hall–Kier alpha value is -3.53. The minimum Gasteiger partial charge on any atom is -0.497 e. The quantitative estimate of drug-likeness (QED) is 0.835. The predicted octanol–water partition coefficient (Wildman–Crippen LogP) is 3.06. The van der Waals surface area contributed by atoms with Gasteiger partial charge in [-0.1, -0.05) is 12.1 Å². The summed E-state index contributed by atoms with van der Waals surface area (Å²) in [5.74, 6) is 0.311. The zero-order valence-corrected chi connectivity index (χ0v) is 14.7. The van der Waals surface area contributed by atoms with Gasteiger partial charge in [0.05, 0.1) is 18.7 Å². The highest BCUT2D eigenvalue weighted by atomic mass is 16.5. The van der Waals surface area contributed by atoms with Crippen molar-refractivity contribution in [1.82, 2.24) is 4.90 Å². The Bertz CT molecular complexity index is 830. The number of hydrogen-bond acceptors (Lipinski definition) is 4. The molecule has 7 nitrogen and oxygen atoms in total. The van der Waals surface area contributed by atoms with Crippen LogP contribution in [0.2, 0.25) is 0 Å². The van der Waals surface area contributed by atoms with Crippen molar-refractivity contribution in [2.24, 2.45) is 0 Å². The molecular formula is C19H20N4O3. The molecule has 0 aromatic heterocycles. The van der Waals surface area contributed by atoms with Gasteiger partial charge in [0.1, 0.15) is 12.3 Å². The molecule has 0 saturated heterocycles. The molecule has 0 saturated carbocycles. The van der Waals surface area contributed by atoms with E-state index in [4.69, 9.17) is 10.00 Å². The summed E-state index contributed by atoms with van der Waals surface area (Å²) < 4.78 is 5.11. The van der Waals surface area contributed by atoms with E-state index < -0.39 is 6.03 Å². The molecule has 2 aromatic rings. The Morgan fingerprint density at radius 3 is 2.46 bits per heavy atom. The molecule has 2 rings (SSSR count). The highest BCUT2D eigenvalue weighted by Gasteiger charge is 2.16. The largest absolute Gasteiger partial charge is 0.497 e. The first-order valence-corrected chi connectivity index (χ1v) is 8.05. The summed E-state index contributed by atoms with van der Waals surface area (Å²) in [5.41, 5.74) is 1.54.